The highest BCUT2D eigenvalue weighted by atomic mass is 79.9. The van der Waals surface area contributed by atoms with Gasteiger partial charge in [-0.1, -0.05) is 33.6 Å². The molecule has 2 rings (SSSR count). The van der Waals surface area contributed by atoms with Crippen LogP contribution in [-0.4, -0.2) is 6.61 Å². The van der Waals surface area contributed by atoms with E-state index in [0.29, 0.717) is 6.61 Å². The van der Waals surface area contributed by atoms with Crippen LogP contribution in [0.4, 0.5) is 0 Å². The van der Waals surface area contributed by atoms with Crippen LogP contribution >= 0.6 is 39.1 Å². The topological polar surface area (TPSA) is 9.23 Å². The molecular weight excluding hydrogens is 359 g/mol. The van der Waals surface area contributed by atoms with Crippen LogP contribution in [0.3, 0.4) is 0 Å². The van der Waals surface area contributed by atoms with Gasteiger partial charge in [0.25, 0.3) is 0 Å². The average molecular weight is 374 g/mol. The Morgan fingerprint density at radius 1 is 1.15 bits per heavy atom. The lowest BCUT2D eigenvalue weighted by molar-refractivity contribution is 0.337. The van der Waals surface area contributed by atoms with Crippen LogP contribution in [0, 0.1) is 6.92 Å². The Balaban J connectivity index is 2.46. The van der Waals surface area contributed by atoms with Crippen LogP contribution in [0.5, 0.6) is 5.75 Å². The molecule has 0 heterocycles. The third-order valence-electron chi connectivity index (χ3n) is 3.05. The van der Waals surface area contributed by atoms with Crippen molar-refractivity contribution in [2.24, 2.45) is 0 Å². The SMILES string of the molecule is CCOc1ccc(Br)cc1C(Cl)c1ccc(Cl)cc1C. The number of ether oxygens (including phenoxy) is 1. The van der Waals surface area contributed by atoms with Gasteiger partial charge in [0.1, 0.15) is 5.75 Å². The van der Waals surface area contributed by atoms with Gasteiger partial charge in [0.2, 0.25) is 0 Å². The molecule has 2 aromatic carbocycles. The molecule has 0 aliphatic rings. The summed E-state index contributed by atoms with van der Waals surface area (Å²) >= 11 is 16.1. The van der Waals surface area contributed by atoms with Gasteiger partial charge in [-0.3, -0.25) is 0 Å². The maximum atomic E-state index is 6.66. The Hall–Kier alpha value is -0.700. The minimum atomic E-state index is -0.272. The number of alkyl halides is 1. The van der Waals surface area contributed by atoms with Gasteiger partial charge in [-0.05, 0) is 55.3 Å². The quantitative estimate of drug-likeness (QED) is 0.585. The third-order valence-corrected chi connectivity index (χ3v) is 4.25. The second kappa shape index (κ2) is 6.84. The minimum absolute atomic E-state index is 0.272. The van der Waals surface area contributed by atoms with Crippen LogP contribution in [0.1, 0.15) is 29.0 Å². The minimum Gasteiger partial charge on any atom is -0.494 e. The summed E-state index contributed by atoms with van der Waals surface area (Å²) in [5, 5.41) is 0.445. The zero-order chi connectivity index (χ0) is 14.7. The van der Waals surface area contributed by atoms with E-state index in [9.17, 15) is 0 Å². The van der Waals surface area contributed by atoms with E-state index in [2.05, 4.69) is 15.9 Å². The van der Waals surface area contributed by atoms with Crippen molar-refractivity contribution in [3.8, 4) is 5.75 Å². The number of benzene rings is 2. The van der Waals surface area contributed by atoms with E-state index >= 15 is 0 Å². The lowest BCUT2D eigenvalue weighted by Crippen LogP contribution is -2.01. The molecule has 1 nitrogen and oxygen atoms in total. The number of hydrogen-bond donors (Lipinski definition) is 0. The van der Waals surface area contributed by atoms with Gasteiger partial charge in [-0.25, -0.2) is 0 Å². The Labute approximate surface area is 138 Å². The molecule has 0 saturated carbocycles. The lowest BCUT2D eigenvalue weighted by atomic mass is 9.99. The molecule has 0 spiro atoms. The van der Waals surface area contributed by atoms with Crippen LogP contribution in [-0.2, 0) is 0 Å². The predicted octanol–water partition coefficient (Wildman–Crippen LogP) is 6.14. The predicted molar refractivity (Wildman–Crippen MR) is 89.2 cm³/mol. The maximum absolute atomic E-state index is 6.66. The zero-order valence-electron chi connectivity index (χ0n) is 11.3. The molecule has 20 heavy (non-hydrogen) atoms. The van der Waals surface area contributed by atoms with E-state index in [0.717, 1.165) is 31.9 Å². The lowest BCUT2D eigenvalue weighted by Gasteiger charge is -2.17. The highest BCUT2D eigenvalue weighted by molar-refractivity contribution is 9.10. The summed E-state index contributed by atoms with van der Waals surface area (Å²) in [5.74, 6) is 0.810. The summed E-state index contributed by atoms with van der Waals surface area (Å²) in [6.07, 6.45) is 0. The molecule has 2 aromatic rings. The second-order valence-corrected chi connectivity index (χ2v) is 6.27. The first kappa shape index (κ1) is 15.7. The summed E-state index contributed by atoms with van der Waals surface area (Å²) in [5.41, 5.74) is 3.06. The summed E-state index contributed by atoms with van der Waals surface area (Å²) in [7, 11) is 0. The second-order valence-electron chi connectivity index (χ2n) is 4.48. The van der Waals surface area contributed by atoms with Gasteiger partial charge in [-0.2, -0.15) is 0 Å². The highest BCUT2D eigenvalue weighted by Gasteiger charge is 2.18. The third kappa shape index (κ3) is 3.49. The Morgan fingerprint density at radius 3 is 2.55 bits per heavy atom. The van der Waals surface area contributed by atoms with Gasteiger partial charge < -0.3 is 4.74 Å². The molecule has 0 aliphatic carbocycles. The summed E-state index contributed by atoms with van der Waals surface area (Å²) in [4.78, 5) is 0. The van der Waals surface area contributed by atoms with Gasteiger partial charge >= 0.3 is 0 Å². The van der Waals surface area contributed by atoms with Crippen molar-refractivity contribution in [2.75, 3.05) is 6.61 Å². The van der Waals surface area contributed by atoms with Crippen LogP contribution in [0.25, 0.3) is 0 Å². The van der Waals surface area contributed by atoms with Crippen LogP contribution in [0.2, 0.25) is 5.02 Å². The first-order chi connectivity index (χ1) is 9.52. The van der Waals surface area contributed by atoms with E-state index in [1.807, 2.05) is 50.2 Å². The van der Waals surface area contributed by atoms with Crippen molar-refractivity contribution < 1.29 is 4.74 Å². The molecule has 0 saturated heterocycles. The van der Waals surface area contributed by atoms with Crippen molar-refractivity contribution in [3.63, 3.8) is 0 Å². The van der Waals surface area contributed by atoms with E-state index in [1.165, 1.54) is 0 Å². The normalized spacial score (nSPS) is 12.2. The molecule has 0 aliphatic heterocycles. The average Bonchev–Trinajstić information content (AvgIpc) is 2.40. The first-order valence-electron chi connectivity index (χ1n) is 6.35. The Kier molecular flexibility index (Phi) is 5.36. The van der Waals surface area contributed by atoms with Crippen molar-refractivity contribution >= 4 is 39.1 Å². The molecule has 0 fully saturated rings. The summed E-state index contributed by atoms with van der Waals surface area (Å²) in [6, 6.07) is 11.6. The van der Waals surface area contributed by atoms with Gasteiger partial charge in [0, 0.05) is 15.1 Å². The molecule has 0 aromatic heterocycles. The molecule has 1 unspecified atom stereocenters. The van der Waals surface area contributed by atoms with Crippen LogP contribution < -0.4 is 4.74 Å². The molecule has 1 atom stereocenters. The van der Waals surface area contributed by atoms with E-state index in [1.54, 1.807) is 0 Å². The highest BCUT2D eigenvalue weighted by Crippen LogP contribution is 2.38. The van der Waals surface area contributed by atoms with Gasteiger partial charge in [0.05, 0.1) is 12.0 Å². The number of rotatable bonds is 4. The van der Waals surface area contributed by atoms with E-state index < -0.39 is 0 Å². The largest absolute Gasteiger partial charge is 0.494 e. The molecule has 106 valence electrons. The molecule has 0 bridgehead atoms. The molecule has 0 amide bonds. The van der Waals surface area contributed by atoms with E-state index in [-0.39, 0.29) is 5.38 Å². The van der Waals surface area contributed by atoms with Crippen molar-refractivity contribution in [2.45, 2.75) is 19.2 Å². The van der Waals surface area contributed by atoms with E-state index in [4.69, 9.17) is 27.9 Å². The molecular formula is C16H15BrCl2O. The Bertz CT molecular complexity index is 613. The number of aryl methyl sites for hydroxylation is 1. The Morgan fingerprint density at radius 2 is 1.90 bits per heavy atom. The van der Waals surface area contributed by atoms with Crippen molar-refractivity contribution in [1.29, 1.82) is 0 Å². The smallest absolute Gasteiger partial charge is 0.124 e. The van der Waals surface area contributed by atoms with Crippen molar-refractivity contribution in [1.82, 2.24) is 0 Å². The summed E-state index contributed by atoms with van der Waals surface area (Å²) in [6.45, 7) is 4.58. The van der Waals surface area contributed by atoms with Crippen LogP contribution in [0.15, 0.2) is 40.9 Å². The first-order valence-corrected chi connectivity index (χ1v) is 7.96. The van der Waals surface area contributed by atoms with Crippen molar-refractivity contribution in [3.05, 3.63) is 62.6 Å². The monoisotopic (exact) mass is 372 g/mol. The fraction of sp³-hybridized carbons (Fsp3) is 0.250. The number of halogens is 3. The number of hydrogen-bond acceptors (Lipinski definition) is 1. The standard InChI is InChI=1S/C16H15BrCl2O/c1-3-20-15-7-4-11(17)9-14(15)16(19)13-6-5-12(18)8-10(13)2/h4-9,16H,3H2,1-2H3. The molecule has 0 N–H and O–H groups in total. The van der Waals surface area contributed by atoms with Gasteiger partial charge in [-0.15, -0.1) is 11.6 Å². The fourth-order valence-corrected chi connectivity index (χ4v) is 3.12. The summed E-state index contributed by atoms with van der Waals surface area (Å²) < 4.78 is 6.65. The zero-order valence-corrected chi connectivity index (χ0v) is 14.4. The maximum Gasteiger partial charge on any atom is 0.124 e. The molecule has 4 heteroatoms. The molecule has 0 radical (unpaired) electrons. The fourth-order valence-electron chi connectivity index (χ4n) is 2.10. The van der Waals surface area contributed by atoms with Gasteiger partial charge in [0.15, 0.2) is 0 Å².